The van der Waals surface area contributed by atoms with Gasteiger partial charge in [-0.25, -0.2) is 4.39 Å². The molecule has 1 nitrogen and oxygen atoms in total. The van der Waals surface area contributed by atoms with Crippen molar-refractivity contribution >= 4 is 33.2 Å². The maximum atomic E-state index is 13.4. The molecule has 0 atom stereocenters. The van der Waals surface area contributed by atoms with Crippen LogP contribution in [0, 0.1) is 5.82 Å². The first-order valence-corrected chi connectivity index (χ1v) is 7.76. The van der Waals surface area contributed by atoms with E-state index < -0.39 is 0 Å². The SMILES string of the molecule is Fc1cc(NC2CC(c3ccc(Br)cc3)C2)ccc1Cl. The van der Waals surface area contributed by atoms with Gasteiger partial charge in [0.2, 0.25) is 0 Å². The predicted octanol–water partition coefficient (Wildman–Crippen LogP) is 5.60. The lowest BCUT2D eigenvalue weighted by Crippen LogP contribution is -2.33. The van der Waals surface area contributed by atoms with Crippen molar-refractivity contribution in [2.75, 3.05) is 5.32 Å². The minimum absolute atomic E-state index is 0.164. The van der Waals surface area contributed by atoms with Gasteiger partial charge in [-0.1, -0.05) is 39.7 Å². The van der Waals surface area contributed by atoms with E-state index in [-0.39, 0.29) is 10.8 Å². The van der Waals surface area contributed by atoms with E-state index in [4.69, 9.17) is 11.6 Å². The lowest BCUT2D eigenvalue weighted by atomic mass is 9.76. The molecule has 1 fully saturated rings. The Morgan fingerprint density at radius 2 is 1.80 bits per heavy atom. The van der Waals surface area contributed by atoms with Gasteiger partial charge in [0.25, 0.3) is 0 Å². The molecule has 0 aliphatic heterocycles. The first kappa shape index (κ1) is 13.9. The van der Waals surface area contributed by atoms with Crippen LogP contribution in [0.5, 0.6) is 0 Å². The highest BCUT2D eigenvalue weighted by atomic mass is 79.9. The molecular formula is C16H14BrClFN. The van der Waals surface area contributed by atoms with E-state index in [9.17, 15) is 4.39 Å². The topological polar surface area (TPSA) is 12.0 Å². The highest BCUT2D eigenvalue weighted by Crippen LogP contribution is 2.39. The standard InChI is InChI=1S/C16H14BrClFN/c17-12-3-1-10(2-4-12)11-7-14(8-11)20-13-5-6-15(18)16(19)9-13/h1-6,9,11,14,20H,7-8H2. The first-order valence-electron chi connectivity index (χ1n) is 6.59. The van der Waals surface area contributed by atoms with Crippen LogP contribution in [-0.4, -0.2) is 6.04 Å². The minimum atomic E-state index is -0.375. The summed E-state index contributed by atoms with van der Waals surface area (Å²) in [6.45, 7) is 0. The third-order valence-electron chi connectivity index (χ3n) is 3.77. The molecule has 2 aromatic carbocycles. The third-order valence-corrected chi connectivity index (χ3v) is 4.61. The van der Waals surface area contributed by atoms with Gasteiger partial charge in [-0.15, -0.1) is 0 Å². The Labute approximate surface area is 131 Å². The molecule has 3 rings (SSSR count). The second-order valence-corrected chi connectivity index (χ2v) is 6.51. The summed E-state index contributed by atoms with van der Waals surface area (Å²) in [7, 11) is 0. The molecule has 0 spiro atoms. The molecule has 20 heavy (non-hydrogen) atoms. The van der Waals surface area contributed by atoms with Crippen molar-refractivity contribution in [3.05, 3.63) is 63.3 Å². The van der Waals surface area contributed by atoms with Crippen molar-refractivity contribution in [3.8, 4) is 0 Å². The van der Waals surface area contributed by atoms with Crippen LogP contribution in [-0.2, 0) is 0 Å². The molecule has 0 amide bonds. The van der Waals surface area contributed by atoms with E-state index in [2.05, 4.69) is 45.5 Å². The number of benzene rings is 2. The lowest BCUT2D eigenvalue weighted by molar-refractivity contribution is 0.374. The highest BCUT2D eigenvalue weighted by molar-refractivity contribution is 9.10. The van der Waals surface area contributed by atoms with Crippen molar-refractivity contribution in [1.29, 1.82) is 0 Å². The van der Waals surface area contributed by atoms with Gasteiger partial charge in [0, 0.05) is 16.2 Å². The van der Waals surface area contributed by atoms with Crippen LogP contribution in [0.1, 0.15) is 24.3 Å². The van der Waals surface area contributed by atoms with E-state index >= 15 is 0 Å². The molecule has 0 heterocycles. The first-order chi connectivity index (χ1) is 9.61. The van der Waals surface area contributed by atoms with Gasteiger partial charge >= 0.3 is 0 Å². The molecule has 0 radical (unpaired) electrons. The van der Waals surface area contributed by atoms with Crippen LogP contribution in [0.25, 0.3) is 0 Å². The second kappa shape index (κ2) is 5.74. The van der Waals surface area contributed by atoms with Crippen LogP contribution in [0.15, 0.2) is 46.9 Å². The largest absolute Gasteiger partial charge is 0.382 e. The molecule has 0 unspecified atom stereocenters. The van der Waals surface area contributed by atoms with Gasteiger partial charge in [-0.3, -0.25) is 0 Å². The minimum Gasteiger partial charge on any atom is -0.382 e. The Kier molecular flexibility index (Phi) is 3.99. The van der Waals surface area contributed by atoms with Gasteiger partial charge < -0.3 is 5.32 Å². The molecule has 1 N–H and O–H groups in total. The van der Waals surface area contributed by atoms with Gasteiger partial charge in [0.1, 0.15) is 5.82 Å². The fourth-order valence-electron chi connectivity index (χ4n) is 2.56. The fourth-order valence-corrected chi connectivity index (χ4v) is 2.95. The smallest absolute Gasteiger partial charge is 0.143 e. The Balaban J connectivity index is 1.58. The molecule has 0 bridgehead atoms. The van der Waals surface area contributed by atoms with Crippen LogP contribution < -0.4 is 5.32 Å². The van der Waals surface area contributed by atoms with Crippen LogP contribution in [0.2, 0.25) is 5.02 Å². The molecule has 1 aliphatic carbocycles. The van der Waals surface area contributed by atoms with Crippen LogP contribution in [0.3, 0.4) is 0 Å². The Bertz CT molecular complexity index is 608. The van der Waals surface area contributed by atoms with Gasteiger partial charge in [0.05, 0.1) is 5.02 Å². The fraction of sp³-hybridized carbons (Fsp3) is 0.250. The molecule has 2 aromatic rings. The number of anilines is 1. The Morgan fingerprint density at radius 1 is 1.10 bits per heavy atom. The second-order valence-electron chi connectivity index (χ2n) is 5.19. The molecule has 0 aromatic heterocycles. The van der Waals surface area contributed by atoms with Crippen LogP contribution >= 0.6 is 27.5 Å². The quantitative estimate of drug-likeness (QED) is 0.756. The van der Waals surface area contributed by atoms with E-state index in [0.29, 0.717) is 12.0 Å². The summed E-state index contributed by atoms with van der Waals surface area (Å²) in [6.07, 6.45) is 2.15. The molecule has 0 saturated heterocycles. The van der Waals surface area contributed by atoms with Crippen molar-refractivity contribution in [1.82, 2.24) is 0 Å². The highest BCUT2D eigenvalue weighted by Gasteiger charge is 2.30. The summed E-state index contributed by atoms with van der Waals surface area (Å²) >= 11 is 9.12. The predicted molar refractivity (Wildman–Crippen MR) is 84.9 cm³/mol. The van der Waals surface area contributed by atoms with Crippen molar-refractivity contribution in [2.45, 2.75) is 24.8 Å². The maximum Gasteiger partial charge on any atom is 0.143 e. The maximum absolute atomic E-state index is 13.4. The number of hydrogen-bond donors (Lipinski definition) is 1. The van der Waals surface area contributed by atoms with E-state index in [1.807, 2.05) is 6.07 Å². The van der Waals surface area contributed by atoms with E-state index in [1.165, 1.54) is 11.6 Å². The zero-order valence-electron chi connectivity index (χ0n) is 10.7. The van der Waals surface area contributed by atoms with Crippen molar-refractivity contribution in [2.24, 2.45) is 0 Å². The van der Waals surface area contributed by atoms with Gasteiger partial charge in [-0.05, 0) is 54.7 Å². The van der Waals surface area contributed by atoms with E-state index in [1.54, 1.807) is 6.07 Å². The lowest BCUT2D eigenvalue weighted by Gasteiger charge is -2.37. The van der Waals surface area contributed by atoms with E-state index in [0.717, 1.165) is 23.0 Å². The normalized spacial score (nSPS) is 21.4. The zero-order chi connectivity index (χ0) is 14.1. The summed E-state index contributed by atoms with van der Waals surface area (Å²) in [5, 5.41) is 3.51. The number of nitrogens with one attached hydrogen (secondary N) is 1. The van der Waals surface area contributed by atoms with Gasteiger partial charge in [0.15, 0.2) is 0 Å². The molecule has 1 aliphatic rings. The van der Waals surface area contributed by atoms with Gasteiger partial charge in [-0.2, -0.15) is 0 Å². The average molecular weight is 355 g/mol. The monoisotopic (exact) mass is 353 g/mol. The third kappa shape index (κ3) is 2.99. The zero-order valence-corrected chi connectivity index (χ0v) is 13.1. The summed E-state index contributed by atoms with van der Waals surface area (Å²) in [5.41, 5.74) is 2.17. The number of rotatable bonds is 3. The molecule has 104 valence electrons. The summed E-state index contributed by atoms with van der Waals surface area (Å²) in [4.78, 5) is 0. The van der Waals surface area contributed by atoms with Crippen molar-refractivity contribution < 1.29 is 4.39 Å². The van der Waals surface area contributed by atoms with Crippen LogP contribution in [0.4, 0.5) is 10.1 Å². The summed E-state index contributed by atoms with van der Waals surface area (Å²) in [5.74, 6) is 0.221. The Morgan fingerprint density at radius 3 is 2.45 bits per heavy atom. The number of hydrogen-bond acceptors (Lipinski definition) is 1. The Hall–Kier alpha value is -1.06. The summed E-state index contributed by atoms with van der Waals surface area (Å²) < 4.78 is 14.5. The molecule has 4 heteroatoms. The van der Waals surface area contributed by atoms with Crippen molar-refractivity contribution in [3.63, 3.8) is 0 Å². The average Bonchev–Trinajstić information content (AvgIpc) is 2.39. The molecular weight excluding hydrogens is 341 g/mol. The summed E-state index contributed by atoms with van der Waals surface area (Å²) in [6, 6.07) is 13.7. The number of halogens is 3. The molecule has 1 saturated carbocycles.